The minimum absolute atomic E-state index is 0.546. The van der Waals surface area contributed by atoms with Gasteiger partial charge in [0.25, 0.3) is 0 Å². The summed E-state index contributed by atoms with van der Waals surface area (Å²) in [5.74, 6) is 0.196. The van der Waals surface area contributed by atoms with E-state index in [1.165, 1.54) is 70.6 Å². The summed E-state index contributed by atoms with van der Waals surface area (Å²) in [6.07, 6.45) is 16.8. The fourth-order valence-corrected chi connectivity index (χ4v) is 2.82. The van der Waals surface area contributed by atoms with Gasteiger partial charge in [0.15, 0.2) is 0 Å². The lowest BCUT2D eigenvalue weighted by Gasteiger charge is -2.18. The number of unbranched alkanes of at least 4 members (excludes halogenated alkanes) is 10. The van der Waals surface area contributed by atoms with Crippen molar-refractivity contribution < 1.29 is 9.90 Å². The maximum absolute atomic E-state index is 11.0. The molecule has 0 unspecified atom stereocenters. The fourth-order valence-electron chi connectivity index (χ4n) is 2.82. The van der Waals surface area contributed by atoms with E-state index in [4.69, 9.17) is 5.11 Å². The average molecular weight is 313 g/mol. The minimum Gasteiger partial charge on any atom is -0.481 e. The third-order valence-electron chi connectivity index (χ3n) is 4.66. The van der Waals surface area contributed by atoms with E-state index in [0.29, 0.717) is 0 Å². The third-order valence-corrected chi connectivity index (χ3v) is 4.66. The monoisotopic (exact) mass is 312 g/mol. The molecule has 0 saturated heterocycles. The molecule has 0 amide bonds. The van der Waals surface area contributed by atoms with E-state index in [-0.39, 0.29) is 0 Å². The number of hydrogen-bond donors (Lipinski definition) is 1. The first kappa shape index (κ1) is 21.5. The SMILES string of the molecule is CC(C)CCCCCCCCCCCCCC(C)(C)C(=O)O. The number of hydrogen-bond acceptors (Lipinski definition) is 1. The van der Waals surface area contributed by atoms with Crippen LogP contribution in [0.15, 0.2) is 0 Å². The van der Waals surface area contributed by atoms with Gasteiger partial charge in [0, 0.05) is 0 Å². The Labute approximate surface area is 139 Å². The van der Waals surface area contributed by atoms with Crippen LogP contribution in [0.25, 0.3) is 0 Å². The Balaban J connectivity index is 3.20. The van der Waals surface area contributed by atoms with E-state index in [1.807, 2.05) is 13.8 Å². The molecule has 2 nitrogen and oxygen atoms in total. The summed E-state index contributed by atoms with van der Waals surface area (Å²) in [6.45, 7) is 8.28. The maximum atomic E-state index is 11.0. The quantitative estimate of drug-likeness (QED) is 0.337. The van der Waals surface area contributed by atoms with Crippen molar-refractivity contribution in [3.05, 3.63) is 0 Å². The zero-order chi connectivity index (χ0) is 16.8. The molecule has 0 rings (SSSR count). The molecule has 2 heteroatoms. The Hall–Kier alpha value is -0.530. The lowest BCUT2D eigenvalue weighted by atomic mass is 9.87. The fraction of sp³-hybridized carbons (Fsp3) is 0.950. The van der Waals surface area contributed by atoms with Crippen LogP contribution in [0.2, 0.25) is 0 Å². The van der Waals surface area contributed by atoms with E-state index in [0.717, 1.165) is 18.8 Å². The molecule has 1 N–H and O–H groups in total. The van der Waals surface area contributed by atoms with Crippen molar-refractivity contribution in [2.45, 2.75) is 111 Å². The highest BCUT2D eigenvalue weighted by Gasteiger charge is 2.25. The van der Waals surface area contributed by atoms with Crippen LogP contribution in [0.5, 0.6) is 0 Å². The van der Waals surface area contributed by atoms with Crippen LogP contribution in [-0.2, 0) is 4.79 Å². The smallest absolute Gasteiger partial charge is 0.309 e. The largest absolute Gasteiger partial charge is 0.481 e. The number of carboxylic acids is 1. The molecule has 0 saturated carbocycles. The van der Waals surface area contributed by atoms with Gasteiger partial charge in [-0.2, -0.15) is 0 Å². The van der Waals surface area contributed by atoms with Crippen LogP contribution in [0.3, 0.4) is 0 Å². The number of aliphatic carboxylic acids is 1. The van der Waals surface area contributed by atoms with Crippen LogP contribution in [0, 0.1) is 11.3 Å². The van der Waals surface area contributed by atoms with E-state index >= 15 is 0 Å². The van der Waals surface area contributed by atoms with Crippen LogP contribution < -0.4 is 0 Å². The van der Waals surface area contributed by atoms with E-state index in [9.17, 15) is 4.79 Å². The van der Waals surface area contributed by atoms with Crippen LogP contribution >= 0.6 is 0 Å². The first-order chi connectivity index (χ1) is 10.4. The van der Waals surface area contributed by atoms with Gasteiger partial charge in [0.1, 0.15) is 0 Å². The predicted molar refractivity (Wildman–Crippen MR) is 96.3 cm³/mol. The van der Waals surface area contributed by atoms with Gasteiger partial charge in [0.2, 0.25) is 0 Å². The Morgan fingerprint density at radius 2 is 1.14 bits per heavy atom. The predicted octanol–water partition coefficient (Wildman–Crippen LogP) is 6.82. The molecule has 0 aliphatic rings. The molecule has 0 spiro atoms. The number of carbonyl (C=O) groups is 1. The highest BCUT2D eigenvalue weighted by molar-refractivity contribution is 5.73. The van der Waals surface area contributed by atoms with Crippen LogP contribution in [-0.4, -0.2) is 11.1 Å². The van der Waals surface area contributed by atoms with Crippen molar-refractivity contribution in [2.24, 2.45) is 11.3 Å². The molecular formula is C20H40O2. The Morgan fingerprint density at radius 3 is 1.50 bits per heavy atom. The molecule has 22 heavy (non-hydrogen) atoms. The highest BCUT2D eigenvalue weighted by Crippen LogP contribution is 2.24. The molecule has 0 atom stereocenters. The second-order valence-electron chi connectivity index (χ2n) is 8.01. The second-order valence-corrected chi connectivity index (χ2v) is 8.01. The zero-order valence-electron chi connectivity index (χ0n) is 15.6. The van der Waals surface area contributed by atoms with Gasteiger partial charge in [-0.3, -0.25) is 4.79 Å². The first-order valence-electron chi connectivity index (χ1n) is 9.59. The standard InChI is InChI=1S/C20H40O2/c1-18(2)16-14-12-10-8-6-5-7-9-11-13-15-17-20(3,4)19(21)22/h18H,5-17H2,1-4H3,(H,21,22). The maximum Gasteiger partial charge on any atom is 0.309 e. The van der Waals surface area contributed by atoms with Crippen LogP contribution in [0.4, 0.5) is 0 Å². The van der Waals surface area contributed by atoms with E-state index in [1.54, 1.807) is 0 Å². The zero-order valence-corrected chi connectivity index (χ0v) is 15.6. The third kappa shape index (κ3) is 13.2. The Morgan fingerprint density at radius 1 is 0.773 bits per heavy atom. The average Bonchev–Trinajstić information content (AvgIpc) is 2.43. The summed E-state index contributed by atoms with van der Waals surface area (Å²) in [4.78, 5) is 11.0. The van der Waals surface area contributed by atoms with Crippen molar-refractivity contribution in [3.8, 4) is 0 Å². The molecule has 0 bridgehead atoms. The van der Waals surface area contributed by atoms with Gasteiger partial charge in [-0.15, -0.1) is 0 Å². The molecule has 0 heterocycles. The molecular weight excluding hydrogens is 272 g/mol. The normalized spacial score (nSPS) is 12.0. The van der Waals surface area contributed by atoms with Crippen molar-refractivity contribution in [2.75, 3.05) is 0 Å². The summed E-state index contributed by atoms with van der Waals surface area (Å²) < 4.78 is 0. The van der Waals surface area contributed by atoms with Gasteiger partial charge >= 0.3 is 5.97 Å². The number of rotatable bonds is 15. The molecule has 0 aliphatic carbocycles. The van der Waals surface area contributed by atoms with Gasteiger partial charge in [-0.1, -0.05) is 90.9 Å². The summed E-state index contributed by atoms with van der Waals surface area (Å²) in [7, 11) is 0. The van der Waals surface area contributed by atoms with Crippen molar-refractivity contribution in [3.63, 3.8) is 0 Å². The lowest BCUT2D eigenvalue weighted by Crippen LogP contribution is -2.23. The minimum atomic E-state index is -0.666. The molecule has 0 aromatic heterocycles. The Kier molecular flexibility index (Phi) is 12.6. The summed E-state index contributed by atoms with van der Waals surface area (Å²) in [5, 5.41) is 9.05. The molecule has 0 aliphatic heterocycles. The first-order valence-corrected chi connectivity index (χ1v) is 9.59. The molecule has 0 aromatic carbocycles. The highest BCUT2D eigenvalue weighted by atomic mass is 16.4. The second kappa shape index (κ2) is 13.0. The summed E-state index contributed by atoms with van der Waals surface area (Å²) in [5.41, 5.74) is -0.546. The molecule has 0 fully saturated rings. The molecule has 0 aromatic rings. The molecule has 0 radical (unpaired) electrons. The van der Waals surface area contributed by atoms with Crippen LogP contribution in [0.1, 0.15) is 111 Å². The summed E-state index contributed by atoms with van der Waals surface area (Å²) >= 11 is 0. The van der Waals surface area contributed by atoms with Crippen molar-refractivity contribution in [1.29, 1.82) is 0 Å². The van der Waals surface area contributed by atoms with Gasteiger partial charge < -0.3 is 5.11 Å². The number of carboxylic acid groups (broad SMARTS) is 1. The Bertz CT molecular complexity index is 269. The van der Waals surface area contributed by atoms with Gasteiger partial charge in [-0.25, -0.2) is 0 Å². The lowest BCUT2D eigenvalue weighted by molar-refractivity contribution is -0.147. The summed E-state index contributed by atoms with van der Waals surface area (Å²) in [6, 6.07) is 0. The van der Waals surface area contributed by atoms with Gasteiger partial charge in [-0.05, 0) is 26.2 Å². The van der Waals surface area contributed by atoms with E-state index < -0.39 is 11.4 Å². The van der Waals surface area contributed by atoms with Crippen molar-refractivity contribution in [1.82, 2.24) is 0 Å². The topological polar surface area (TPSA) is 37.3 Å². The van der Waals surface area contributed by atoms with Gasteiger partial charge in [0.05, 0.1) is 5.41 Å². The van der Waals surface area contributed by atoms with E-state index in [2.05, 4.69) is 13.8 Å². The van der Waals surface area contributed by atoms with Crippen molar-refractivity contribution >= 4 is 5.97 Å². The molecule has 132 valence electrons.